The number of carbonyl (C=O) groups excluding carboxylic acids is 3. The summed E-state index contributed by atoms with van der Waals surface area (Å²) in [6.45, 7) is 10.3. The van der Waals surface area contributed by atoms with Crippen molar-refractivity contribution in [2.75, 3.05) is 23.7 Å². The number of nitrogens with zero attached hydrogens (tertiary/aromatic N) is 3. The molecule has 0 aromatic heterocycles. The zero-order valence-corrected chi connectivity index (χ0v) is 35.4. The van der Waals surface area contributed by atoms with E-state index in [1.807, 2.05) is 30.4 Å². The maximum atomic E-state index is 12.4. The highest BCUT2D eigenvalue weighted by Crippen LogP contribution is 2.51. The molecule has 60 heavy (non-hydrogen) atoms. The van der Waals surface area contributed by atoms with Gasteiger partial charge in [-0.2, -0.15) is 4.58 Å². The van der Waals surface area contributed by atoms with Crippen LogP contribution < -0.4 is 4.90 Å². The number of hydrogen-bond donors (Lipinski definition) is 0. The van der Waals surface area contributed by atoms with Crippen LogP contribution in [0.3, 0.4) is 0 Å². The molecule has 4 aromatic carbocycles. The Kier molecular flexibility index (Phi) is 12.2. The molecule has 0 radical (unpaired) electrons. The minimum atomic E-state index is -4.27. The van der Waals surface area contributed by atoms with Crippen molar-refractivity contribution in [1.82, 2.24) is 5.06 Å². The smallest absolute Gasteiger partial charge is 0.333 e. The van der Waals surface area contributed by atoms with Gasteiger partial charge in [0.2, 0.25) is 5.69 Å². The van der Waals surface area contributed by atoms with E-state index >= 15 is 0 Å². The SMILES string of the molecule is CC1(C)C(/C=C/C=C/C=C/C=C2\N(CCCCS(=O)(=O)[O-])c3ccc4ccccc4c3C2(C)C)=[N+](CCCCCC(=O)ON2C(=O)C=CC2=O)c2ccc3ccccc3c21. The third kappa shape index (κ3) is 8.69. The first-order valence-corrected chi connectivity index (χ1v) is 22.2. The van der Waals surface area contributed by atoms with Crippen LogP contribution in [0.5, 0.6) is 0 Å². The number of rotatable bonds is 16. The Bertz CT molecular complexity index is 2650. The van der Waals surface area contributed by atoms with Gasteiger partial charge in [-0.25, -0.2) is 13.2 Å². The summed E-state index contributed by atoms with van der Waals surface area (Å²) in [5, 5.41) is 5.26. The van der Waals surface area contributed by atoms with Gasteiger partial charge in [0, 0.05) is 71.8 Å². The van der Waals surface area contributed by atoms with E-state index in [9.17, 15) is 27.4 Å². The van der Waals surface area contributed by atoms with Gasteiger partial charge in [0.05, 0.1) is 15.5 Å². The molecule has 3 heterocycles. The fraction of sp³-hybridized carbons (Fsp3) is 0.306. The number of benzene rings is 4. The van der Waals surface area contributed by atoms with Crippen molar-refractivity contribution in [2.45, 2.75) is 77.0 Å². The number of carbonyl (C=O) groups is 3. The maximum absolute atomic E-state index is 12.4. The Morgan fingerprint density at radius 3 is 2.07 bits per heavy atom. The molecule has 0 atom stereocenters. The predicted octanol–water partition coefficient (Wildman–Crippen LogP) is 8.99. The third-order valence-corrected chi connectivity index (χ3v) is 12.5. The summed E-state index contributed by atoms with van der Waals surface area (Å²) >= 11 is 0. The van der Waals surface area contributed by atoms with Crippen molar-refractivity contribution in [1.29, 1.82) is 0 Å². The van der Waals surface area contributed by atoms with Crippen molar-refractivity contribution >= 4 is 66.5 Å². The average molecular weight is 826 g/mol. The molecule has 310 valence electrons. The lowest BCUT2D eigenvalue weighted by atomic mass is 9.79. The second-order valence-corrected chi connectivity index (χ2v) is 18.1. The topological polar surface area (TPSA) is 127 Å². The van der Waals surface area contributed by atoms with Gasteiger partial charge in [-0.05, 0) is 84.8 Å². The molecular weight excluding hydrogens is 775 g/mol. The normalized spacial score (nSPS) is 17.9. The van der Waals surface area contributed by atoms with Crippen LogP contribution in [0.4, 0.5) is 11.4 Å². The third-order valence-electron chi connectivity index (χ3n) is 11.7. The van der Waals surface area contributed by atoms with Crippen molar-refractivity contribution in [2.24, 2.45) is 0 Å². The van der Waals surface area contributed by atoms with Gasteiger partial charge in [-0.1, -0.05) is 104 Å². The molecular formula is C49H51N3O7S. The molecule has 0 bridgehead atoms. The zero-order valence-electron chi connectivity index (χ0n) is 34.6. The highest BCUT2D eigenvalue weighted by molar-refractivity contribution is 7.85. The molecule has 0 saturated carbocycles. The quantitative estimate of drug-likeness (QED) is 0.0360. The van der Waals surface area contributed by atoms with E-state index in [1.165, 1.54) is 44.1 Å². The molecule has 0 aliphatic carbocycles. The van der Waals surface area contributed by atoms with Crippen LogP contribution in [0.15, 0.2) is 133 Å². The molecule has 7 rings (SSSR count). The Morgan fingerprint density at radius 2 is 1.37 bits per heavy atom. The summed E-state index contributed by atoms with van der Waals surface area (Å²) in [6.07, 6.45) is 19.7. The Hall–Kier alpha value is -5.91. The van der Waals surface area contributed by atoms with E-state index in [0.717, 1.165) is 42.9 Å². The van der Waals surface area contributed by atoms with Crippen LogP contribution in [0.1, 0.15) is 77.3 Å². The number of hydrogen-bond acceptors (Lipinski definition) is 8. The average Bonchev–Trinajstić information content (AvgIpc) is 3.73. The summed E-state index contributed by atoms with van der Waals surface area (Å²) in [5.74, 6) is -2.28. The van der Waals surface area contributed by atoms with Crippen LogP contribution in [-0.4, -0.2) is 64.9 Å². The summed E-state index contributed by atoms with van der Waals surface area (Å²) in [4.78, 5) is 43.1. The summed E-state index contributed by atoms with van der Waals surface area (Å²) in [6, 6.07) is 25.5. The largest absolute Gasteiger partial charge is 0.748 e. The van der Waals surface area contributed by atoms with E-state index in [0.29, 0.717) is 30.9 Å². The van der Waals surface area contributed by atoms with Gasteiger partial charge in [0.25, 0.3) is 11.8 Å². The number of imide groups is 1. The molecule has 0 unspecified atom stereocenters. The highest BCUT2D eigenvalue weighted by Gasteiger charge is 2.45. The monoisotopic (exact) mass is 825 g/mol. The Labute approximate surface area is 352 Å². The van der Waals surface area contributed by atoms with Gasteiger partial charge >= 0.3 is 5.97 Å². The summed E-state index contributed by atoms with van der Waals surface area (Å²) in [7, 11) is -4.27. The van der Waals surface area contributed by atoms with Crippen LogP contribution in [0.2, 0.25) is 0 Å². The molecule has 3 aliphatic rings. The van der Waals surface area contributed by atoms with Gasteiger partial charge in [-0.15, -0.1) is 0 Å². The molecule has 0 fully saturated rings. The maximum Gasteiger partial charge on any atom is 0.333 e. The second kappa shape index (κ2) is 17.4. The van der Waals surface area contributed by atoms with Crippen LogP contribution in [0.25, 0.3) is 21.5 Å². The zero-order chi connectivity index (χ0) is 42.7. The first-order chi connectivity index (χ1) is 28.7. The van der Waals surface area contributed by atoms with E-state index in [-0.39, 0.29) is 23.0 Å². The number of amides is 2. The molecule has 0 N–H and O–H groups in total. The van der Waals surface area contributed by atoms with Gasteiger partial charge in [0.15, 0.2) is 5.71 Å². The fourth-order valence-electron chi connectivity index (χ4n) is 8.93. The van der Waals surface area contributed by atoms with E-state index in [2.05, 4.69) is 122 Å². The first-order valence-electron chi connectivity index (χ1n) is 20.6. The number of fused-ring (bicyclic) bond motifs is 6. The second-order valence-electron chi connectivity index (χ2n) is 16.5. The van der Waals surface area contributed by atoms with Crippen molar-refractivity contribution in [3.63, 3.8) is 0 Å². The molecule has 4 aromatic rings. The van der Waals surface area contributed by atoms with E-state index < -0.39 is 27.9 Å². The highest BCUT2D eigenvalue weighted by atomic mass is 32.2. The van der Waals surface area contributed by atoms with Crippen LogP contribution in [0, 0.1) is 0 Å². The molecule has 11 heteroatoms. The van der Waals surface area contributed by atoms with E-state index in [1.54, 1.807) is 0 Å². The fourth-order valence-corrected chi connectivity index (χ4v) is 9.48. The number of anilines is 1. The lowest BCUT2D eigenvalue weighted by Crippen LogP contribution is -2.32. The minimum Gasteiger partial charge on any atom is -0.748 e. The Balaban J connectivity index is 1.07. The van der Waals surface area contributed by atoms with Crippen LogP contribution in [-0.2, 0) is 40.2 Å². The number of allylic oxidation sites excluding steroid dienone is 8. The molecule has 2 amide bonds. The Morgan fingerprint density at radius 1 is 0.733 bits per heavy atom. The first kappa shape index (κ1) is 42.2. The van der Waals surface area contributed by atoms with Gasteiger partial charge in [0.1, 0.15) is 6.54 Å². The molecule has 0 spiro atoms. The molecule has 0 saturated heterocycles. The summed E-state index contributed by atoms with van der Waals surface area (Å²) < 4.78 is 36.3. The minimum absolute atomic E-state index is 0.101. The van der Waals surface area contributed by atoms with Gasteiger partial charge in [-0.3, -0.25) is 9.59 Å². The van der Waals surface area contributed by atoms with Crippen molar-refractivity contribution in [3.8, 4) is 0 Å². The molecule has 10 nitrogen and oxygen atoms in total. The lowest BCUT2D eigenvalue weighted by molar-refractivity contribution is -0.438. The summed E-state index contributed by atoms with van der Waals surface area (Å²) in [5.41, 5.74) is 6.44. The standard InChI is InChI=1S/C49H51N3O7S/c1-48(2)41(50(39-28-26-35-19-12-14-21-37(35)46(39)48)32-16-8-11-25-45(55)59-52-43(53)30-31-44(52)54)23-9-6-5-7-10-24-42-49(3,4)47-38-22-15-13-20-36(38)27-29-40(47)51(42)33-17-18-34-60(56,57)58/h5-7,9-10,12-15,19-24,26-31H,8,11,16-18,25,32-34H2,1-4H3. The van der Waals surface area contributed by atoms with Crippen LogP contribution >= 0.6 is 0 Å². The lowest BCUT2D eigenvalue weighted by Gasteiger charge is -2.27. The molecule has 3 aliphatic heterocycles. The van der Waals surface area contributed by atoms with Crippen molar-refractivity contribution in [3.05, 3.63) is 144 Å². The number of hydroxylamine groups is 2. The van der Waals surface area contributed by atoms with E-state index in [4.69, 9.17) is 4.84 Å². The van der Waals surface area contributed by atoms with Gasteiger partial charge < -0.3 is 14.3 Å². The van der Waals surface area contributed by atoms with Crippen molar-refractivity contribution < 1.29 is 36.8 Å². The number of unbranched alkanes of at least 4 members (excludes halogenated alkanes) is 3. The predicted molar refractivity (Wildman–Crippen MR) is 236 cm³/mol.